The van der Waals surface area contributed by atoms with Gasteiger partial charge in [-0.2, -0.15) is 0 Å². The second-order valence-electron chi connectivity index (χ2n) is 7.71. The first-order valence-corrected chi connectivity index (χ1v) is 10.6. The summed E-state index contributed by atoms with van der Waals surface area (Å²) in [6, 6.07) is 0. The third kappa shape index (κ3) is 3.54. The van der Waals surface area contributed by atoms with E-state index in [0.29, 0.717) is 42.4 Å². The van der Waals surface area contributed by atoms with Crippen molar-refractivity contribution in [3.05, 3.63) is 31.3 Å². The lowest BCUT2D eigenvalue weighted by molar-refractivity contribution is -0.137. The van der Waals surface area contributed by atoms with Crippen molar-refractivity contribution >= 4 is 27.5 Å². The van der Waals surface area contributed by atoms with Crippen molar-refractivity contribution in [2.75, 3.05) is 32.8 Å². The molecule has 9 heteroatoms. The fourth-order valence-electron chi connectivity index (χ4n) is 4.15. The second kappa shape index (κ2) is 7.81. The molecule has 0 saturated carbocycles. The first kappa shape index (κ1) is 19.4. The maximum atomic E-state index is 13.0. The third-order valence-electron chi connectivity index (χ3n) is 5.69. The molecule has 3 heterocycles. The number of fused-ring (bicyclic) bond motifs is 3. The summed E-state index contributed by atoms with van der Waals surface area (Å²) in [5.74, 6) is -0.706. The number of carboxylic acid groups (broad SMARTS) is 1. The summed E-state index contributed by atoms with van der Waals surface area (Å²) >= 11 is 1.53. The predicted molar refractivity (Wildman–Crippen MR) is 106 cm³/mol. The molecule has 28 heavy (non-hydrogen) atoms. The number of morpholine rings is 1. The van der Waals surface area contributed by atoms with Crippen LogP contribution in [0.15, 0.2) is 9.59 Å². The molecule has 0 amide bonds. The molecule has 1 aliphatic heterocycles. The normalized spacial score (nSPS) is 20.4. The Labute approximate surface area is 165 Å². The van der Waals surface area contributed by atoms with Crippen LogP contribution in [-0.4, -0.2) is 58.0 Å². The highest BCUT2D eigenvalue weighted by atomic mass is 32.1. The van der Waals surface area contributed by atoms with E-state index in [2.05, 4.69) is 11.8 Å². The van der Waals surface area contributed by atoms with Crippen LogP contribution >= 0.6 is 11.3 Å². The number of carbonyl (C=O) groups is 1. The molecular weight excluding hydrogens is 382 g/mol. The number of thiophene rings is 1. The topological polar surface area (TPSA) is 93.8 Å². The van der Waals surface area contributed by atoms with Crippen molar-refractivity contribution in [3.63, 3.8) is 0 Å². The van der Waals surface area contributed by atoms with E-state index in [1.807, 2.05) is 0 Å². The molecule has 0 spiro atoms. The van der Waals surface area contributed by atoms with E-state index >= 15 is 0 Å². The lowest BCUT2D eigenvalue weighted by atomic mass is 9.89. The van der Waals surface area contributed by atoms with E-state index in [1.54, 1.807) is 4.57 Å². The van der Waals surface area contributed by atoms with Gasteiger partial charge in [0.2, 0.25) is 0 Å². The summed E-state index contributed by atoms with van der Waals surface area (Å²) in [4.78, 5) is 41.4. The van der Waals surface area contributed by atoms with E-state index < -0.39 is 23.8 Å². The summed E-state index contributed by atoms with van der Waals surface area (Å²) in [6.45, 7) is 5.63. The molecule has 1 unspecified atom stereocenters. The SMILES string of the molecule is CC1CCc2sc3c(c2C1)c(=O)n(CC(=O)O)c(=O)n3CCN1CCOCC1. The van der Waals surface area contributed by atoms with Crippen LogP contribution in [0.25, 0.3) is 10.2 Å². The molecule has 2 aliphatic rings. The Morgan fingerprint density at radius 3 is 2.68 bits per heavy atom. The molecule has 152 valence electrons. The van der Waals surface area contributed by atoms with Gasteiger partial charge in [0.25, 0.3) is 5.56 Å². The van der Waals surface area contributed by atoms with Gasteiger partial charge in [-0.05, 0) is 30.7 Å². The van der Waals surface area contributed by atoms with Crippen LogP contribution in [-0.2, 0) is 35.5 Å². The molecule has 0 aromatic carbocycles. The quantitative estimate of drug-likeness (QED) is 0.787. The number of aliphatic carboxylic acids is 1. The lowest BCUT2D eigenvalue weighted by Gasteiger charge is -2.26. The number of carboxylic acids is 1. The summed E-state index contributed by atoms with van der Waals surface area (Å²) in [5.41, 5.74) is 0.0273. The van der Waals surface area contributed by atoms with Gasteiger partial charge in [-0.25, -0.2) is 9.36 Å². The monoisotopic (exact) mass is 407 g/mol. The zero-order valence-corrected chi connectivity index (χ0v) is 16.8. The maximum absolute atomic E-state index is 13.0. The zero-order chi connectivity index (χ0) is 19.8. The third-order valence-corrected chi connectivity index (χ3v) is 7.01. The van der Waals surface area contributed by atoms with Crippen molar-refractivity contribution in [2.45, 2.75) is 39.3 Å². The zero-order valence-electron chi connectivity index (χ0n) is 16.0. The Kier molecular flexibility index (Phi) is 5.39. The minimum atomic E-state index is -1.18. The molecule has 2 aromatic rings. The molecule has 4 rings (SSSR count). The van der Waals surface area contributed by atoms with Crippen LogP contribution in [0.2, 0.25) is 0 Å². The van der Waals surface area contributed by atoms with E-state index in [1.165, 1.54) is 11.3 Å². The minimum absolute atomic E-state index is 0.435. The molecule has 1 aliphatic carbocycles. The van der Waals surface area contributed by atoms with E-state index in [-0.39, 0.29) is 0 Å². The van der Waals surface area contributed by atoms with E-state index in [0.717, 1.165) is 47.4 Å². The average Bonchev–Trinajstić information content (AvgIpc) is 3.04. The van der Waals surface area contributed by atoms with Crippen LogP contribution < -0.4 is 11.2 Å². The number of hydrogen-bond donors (Lipinski definition) is 1. The van der Waals surface area contributed by atoms with Crippen molar-refractivity contribution in [2.24, 2.45) is 5.92 Å². The summed E-state index contributed by atoms with van der Waals surface area (Å²) in [7, 11) is 0. The van der Waals surface area contributed by atoms with Crippen molar-refractivity contribution in [3.8, 4) is 0 Å². The summed E-state index contributed by atoms with van der Waals surface area (Å²) < 4.78 is 7.87. The Bertz CT molecular complexity index is 1020. The Morgan fingerprint density at radius 1 is 1.21 bits per heavy atom. The molecule has 1 fully saturated rings. The Balaban J connectivity index is 1.83. The van der Waals surface area contributed by atoms with Crippen LogP contribution in [0.3, 0.4) is 0 Å². The first-order chi connectivity index (χ1) is 13.5. The number of hydrogen-bond acceptors (Lipinski definition) is 6. The number of aromatic nitrogens is 2. The second-order valence-corrected chi connectivity index (χ2v) is 8.79. The van der Waals surface area contributed by atoms with Gasteiger partial charge < -0.3 is 9.84 Å². The fraction of sp³-hybridized carbons (Fsp3) is 0.632. The van der Waals surface area contributed by atoms with Gasteiger partial charge in [0.05, 0.1) is 18.6 Å². The molecule has 0 bridgehead atoms. The van der Waals surface area contributed by atoms with Crippen LogP contribution in [0.5, 0.6) is 0 Å². The number of aryl methyl sites for hydroxylation is 1. The predicted octanol–water partition coefficient (Wildman–Crippen LogP) is 0.766. The van der Waals surface area contributed by atoms with Gasteiger partial charge in [0, 0.05) is 31.1 Å². The van der Waals surface area contributed by atoms with Crippen molar-refractivity contribution in [1.82, 2.24) is 14.0 Å². The largest absolute Gasteiger partial charge is 0.480 e. The highest BCUT2D eigenvalue weighted by Gasteiger charge is 2.26. The molecule has 1 saturated heterocycles. The highest BCUT2D eigenvalue weighted by molar-refractivity contribution is 7.18. The van der Waals surface area contributed by atoms with Crippen LogP contribution in [0.1, 0.15) is 23.8 Å². The Morgan fingerprint density at radius 2 is 1.96 bits per heavy atom. The van der Waals surface area contributed by atoms with E-state index in [9.17, 15) is 19.5 Å². The standard InChI is InChI=1S/C19H25N3O5S/c1-12-2-3-14-13(10-12)16-17(25)22(11-15(23)24)19(26)21(18(16)28-14)5-4-20-6-8-27-9-7-20/h12H,2-11H2,1H3,(H,23,24). The molecule has 2 aromatic heterocycles. The van der Waals surface area contributed by atoms with E-state index in [4.69, 9.17) is 4.74 Å². The van der Waals surface area contributed by atoms with Crippen LogP contribution in [0.4, 0.5) is 0 Å². The van der Waals surface area contributed by atoms with Gasteiger partial charge in [0.15, 0.2) is 0 Å². The van der Waals surface area contributed by atoms with Gasteiger partial charge in [-0.1, -0.05) is 6.92 Å². The molecule has 1 atom stereocenters. The maximum Gasteiger partial charge on any atom is 0.332 e. The van der Waals surface area contributed by atoms with Crippen molar-refractivity contribution < 1.29 is 14.6 Å². The van der Waals surface area contributed by atoms with Crippen molar-refractivity contribution in [1.29, 1.82) is 0 Å². The fourth-order valence-corrected chi connectivity index (χ4v) is 5.50. The highest BCUT2D eigenvalue weighted by Crippen LogP contribution is 2.36. The number of rotatable bonds is 5. The molecular formula is C19H25N3O5S. The molecule has 0 radical (unpaired) electrons. The van der Waals surface area contributed by atoms with Gasteiger partial charge in [-0.15, -0.1) is 11.3 Å². The van der Waals surface area contributed by atoms with Crippen LogP contribution in [0, 0.1) is 5.92 Å². The summed E-state index contributed by atoms with van der Waals surface area (Å²) in [5, 5.41) is 9.77. The average molecular weight is 407 g/mol. The smallest absolute Gasteiger partial charge is 0.332 e. The van der Waals surface area contributed by atoms with Gasteiger partial charge in [-0.3, -0.25) is 19.1 Å². The summed E-state index contributed by atoms with van der Waals surface area (Å²) in [6.07, 6.45) is 2.78. The number of ether oxygens (including phenoxy) is 1. The van der Waals surface area contributed by atoms with Gasteiger partial charge >= 0.3 is 11.7 Å². The molecule has 8 nitrogen and oxygen atoms in total. The first-order valence-electron chi connectivity index (χ1n) is 9.75. The minimum Gasteiger partial charge on any atom is -0.480 e. The van der Waals surface area contributed by atoms with Gasteiger partial charge in [0.1, 0.15) is 11.4 Å². The lowest BCUT2D eigenvalue weighted by Crippen LogP contribution is -2.44. The Hall–Kier alpha value is -1.97. The number of nitrogens with zero attached hydrogens (tertiary/aromatic N) is 3. The molecule has 1 N–H and O–H groups in total.